The molecule has 2 aromatic rings. The number of benzene rings is 2. The van der Waals surface area contributed by atoms with Crippen LogP contribution in [0.5, 0.6) is 0 Å². The Balaban J connectivity index is 1.74. The van der Waals surface area contributed by atoms with Gasteiger partial charge in [0.05, 0.1) is 6.42 Å². The van der Waals surface area contributed by atoms with Crippen molar-refractivity contribution >= 4 is 34.5 Å². The second kappa shape index (κ2) is 10.8. The predicted molar refractivity (Wildman–Crippen MR) is 108 cm³/mol. The molecular weight excluding hydrogens is 374 g/mol. The van der Waals surface area contributed by atoms with Gasteiger partial charge in [-0.3, -0.25) is 19.2 Å². The van der Waals surface area contributed by atoms with E-state index in [1.807, 2.05) is 42.5 Å². The van der Waals surface area contributed by atoms with E-state index in [4.69, 9.17) is 4.74 Å². The van der Waals surface area contributed by atoms with Gasteiger partial charge in [-0.25, -0.2) is 0 Å². The molecule has 8 nitrogen and oxygen atoms in total. The maximum Gasteiger partial charge on any atom is 0.325 e. The molecule has 0 spiro atoms. The Bertz CT molecular complexity index is 892. The summed E-state index contributed by atoms with van der Waals surface area (Å²) in [7, 11) is 0. The fourth-order valence-corrected chi connectivity index (χ4v) is 2.73. The third kappa shape index (κ3) is 6.91. The molecule has 0 aromatic heterocycles. The Morgan fingerprint density at radius 3 is 2.45 bits per heavy atom. The highest BCUT2D eigenvalue weighted by atomic mass is 16.5. The van der Waals surface area contributed by atoms with Crippen LogP contribution >= 0.6 is 0 Å². The first kappa shape index (κ1) is 21.9. The van der Waals surface area contributed by atoms with E-state index in [0.29, 0.717) is 6.54 Å². The van der Waals surface area contributed by atoms with Crippen molar-refractivity contribution in [1.29, 1.82) is 0 Å². The topological polar surface area (TPSA) is 114 Å². The van der Waals surface area contributed by atoms with Gasteiger partial charge in [-0.15, -0.1) is 0 Å². The monoisotopic (exact) mass is 399 g/mol. The summed E-state index contributed by atoms with van der Waals surface area (Å²) in [5, 5.41) is 9.48. The predicted octanol–water partition coefficient (Wildman–Crippen LogP) is 0.683. The van der Waals surface area contributed by atoms with E-state index in [-0.39, 0.29) is 24.8 Å². The van der Waals surface area contributed by atoms with Gasteiger partial charge in [-0.2, -0.15) is 0 Å². The lowest BCUT2D eigenvalue weighted by Crippen LogP contribution is -2.46. The van der Waals surface area contributed by atoms with Crippen LogP contribution in [0, 0.1) is 0 Å². The van der Waals surface area contributed by atoms with Gasteiger partial charge in [-0.1, -0.05) is 42.5 Å². The van der Waals surface area contributed by atoms with Gasteiger partial charge in [0.2, 0.25) is 11.8 Å². The average Bonchev–Trinajstić information content (AvgIpc) is 2.71. The second-order valence-corrected chi connectivity index (χ2v) is 6.44. The molecule has 0 saturated carbocycles. The van der Waals surface area contributed by atoms with Gasteiger partial charge in [0.1, 0.15) is 12.6 Å². The van der Waals surface area contributed by atoms with Crippen LogP contribution in [0.15, 0.2) is 42.5 Å². The minimum absolute atomic E-state index is 0.124. The maximum absolute atomic E-state index is 12.1. The Labute approximate surface area is 169 Å². The van der Waals surface area contributed by atoms with Crippen molar-refractivity contribution in [1.82, 2.24) is 16.0 Å². The number of fused-ring (bicyclic) bond motifs is 1. The fourth-order valence-electron chi connectivity index (χ4n) is 2.73. The molecule has 29 heavy (non-hydrogen) atoms. The molecule has 0 fully saturated rings. The number of carbonyl (C=O) groups excluding carboxylic acids is 4. The smallest absolute Gasteiger partial charge is 0.325 e. The number of likely N-dealkylation sites (N-methyl/N-ethyl adjacent to an activating group) is 1. The largest absolute Gasteiger partial charge is 0.454 e. The van der Waals surface area contributed by atoms with E-state index in [0.717, 1.165) is 16.3 Å². The summed E-state index contributed by atoms with van der Waals surface area (Å²) < 4.78 is 4.82. The highest BCUT2D eigenvalue weighted by molar-refractivity contribution is 5.91. The van der Waals surface area contributed by atoms with Gasteiger partial charge in [0.15, 0.2) is 6.61 Å². The van der Waals surface area contributed by atoms with E-state index in [9.17, 15) is 19.2 Å². The third-order valence-corrected chi connectivity index (χ3v) is 4.15. The molecule has 0 saturated heterocycles. The van der Waals surface area contributed by atoms with Crippen LogP contribution in [0.2, 0.25) is 0 Å². The first-order chi connectivity index (χ1) is 13.9. The number of amides is 3. The molecule has 0 bridgehead atoms. The summed E-state index contributed by atoms with van der Waals surface area (Å²) in [5.74, 6) is -1.99. The summed E-state index contributed by atoms with van der Waals surface area (Å²) in [6.45, 7) is 2.87. The van der Waals surface area contributed by atoms with E-state index in [2.05, 4.69) is 16.0 Å². The zero-order valence-electron chi connectivity index (χ0n) is 16.5. The molecular formula is C21H25N3O5. The van der Waals surface area contributed by atoms with Crippen molar-refractivity contribution in [3.8, 4) is 0 Å². The highest BCUT2D eigenvalue weighted by Crippen LogP contribution is 2.18. The number of hydrogen-bond acceptors (Lipinski definition) is 5. The third-order valence-electron chi connectivity index (χ3n) is 4.15. The van der Waals surface area contributed by atoms with Gasteiger partial charge >= 0.3 is 5.97 Å². The zero-order chi connectivity index (χ0) is 21.2. The summed E-state index contributed by atoms with van der Waals surface area (Å²) in [6.07, 6.45) is 0.124. The molecule has 1 atom stereocenters. The van der Waals surface area contributed by atoms with Crippen molar-refractivity contribution in [3.05, 3.63) is 48.0 Å². The first-order valence-electron chi connectivity index (χ1n) is 9.36. The fraction of sp³-hybridized carbons (Fsp3) is 0.333. The minimum atomic E-state index is -0.739. The standard InChI is InChI=1S/C21H25N3O5/c1-3-22-21(28)14(2)24-19(26)13-29-20(27)12-23-18(25)11-16-9-6-8-15-7-4-5-10-17(15)16/h4-10,14H,3,11-13H2,1-2H3,(H,22,28)(H,23,25)(H,24,26)/t14-/m0/s1. The van der Waals surface area contributed by atoms with Crippen LogP contribution in [0.3, 0.4) is 0 Å². The molecule has 0 heterocycles. The molecule has 2 aromatic carbocycles. The lowest BCUT2D eigenvalue weighted by Gasteiger charge is -2.13. The van der Waals surface area contributed by atoms with E-state index in [1.54, 1.807) is 6.92 Å². The van der Waals surface area contributed by atoms with Crippen molar-refractivity contribution in [2.45, 2.75) is 26.3 Å². The molecule has 2 rings (SSSR count). The molecule has 0 radical (unpaired) electrons. The van der Waals surface area contributed by atoms with Crippen LogP contribution in [0.25, 0.3) is 10.8 Å². The van der Waals surface area contributed by atoms with Crippen molar-refractivity contribution in [2.75, 3.05) is 19.7 Å². The van der Waals surface area contributed by atoms with Crippen molar-refractivity contribution in [3.63, 3.8) is 0 Å². The number of esters is 1. The number of nitrogens with one attached hydrogen (secondary N) is 3. The normalized spacial score (nSPS) is 11.4. The first-order valence-corrected chi connectivity index (χ1v) is 9.36. The summed E-state index contributed by atoms with van der Waals surface area (Å²) in [6, 6.07) is 12.7. The summed E-state index contributed by atoms with van der Waals surface area (Å²) in [5.41, 5.74) is 0.854. The Hall–Kier alpha value is -3.42. The Morgan fingerprint density at radius 2 is 1.69 bits per heavy atom. The van der Waals surface area contributed by atoms with Crippen LogP contribution < -0.4 is 16.0 Å². The van der Waals surface area contributed by atoms with Crippen LogP contribution in [-0.4, -0.2) is 49.4 Å². The maximum atomic E-state index is 12.1. The number of carbonyl (C=O) groups is 4. The summed E-state index contributed by atoms with van der Waals surface area (Å²) >= 11 is 0. The van der Waals surface area contributed by atoms with E-state index < -0.39 is 24.5 Å². The molecule has 0 unspecified atom stereocenters. The molecule has 3 amide bonds. The minimum Gasteiger partial charge on any atom is -0.454 e. The molecule has 3 N–H and O–H groups in total. The van der Waals surface area contributed by atoms with Gasteiger partial charge < -0.3 is 20.7 Å². The quantitative estimate of drug-likeness (QED) is 0.537. The van der Waals surface area contributed by atoms with Crippen molar-refractivity contribution < 1.29 is 23.9 Å². The van der Waals surface area contributed by atoms with Gasteiger partial charge in [-0.05, 0) is 30.2 Å². The number of rotatable bonds is 9. The SMILES string of the molecule is CCNC(=O)[C@H](C)NC(=O)COC(=O)CNC(=O)Cc1cccc2ccccc12. The summed E-state index contributed by atoms with van der Waals surface area (Å²) in [4.78, 5) is 47.1. The molecule has 0 aliphatic heterocycles. The molecule has 0 aliphatic carbocycles. The molecule has 0 aliphatic rings. The van der Waals surface area contributed by atoms with Crippen LogP contribution in [-0.2, 0) is 30.3 Å². The van der Waals surface area contributed by atoms with Crippen molar-refractivity contribution in [2.24, 2.45) is 0 Å². The molecule has 8 heteroatoms. The second-order valence-electron chi connectivity index (χ2n) is 6.44. The highest BCUT2D eigenvalue weighted by Gasteiger charge is 2.16. The van der Waals surface area contributed by atoms with Gasteiger partial charge in [0.25, 0.3) is 5.91 Å². The molecule has 154 valence electrons. The zero-order valence-corrected chi connectivity index (χ0v) is 16.5. The van der Waals surface area contributed by atoms with Crippen LogP contribution in [0.1, 0.15) is 19.4 Å². The van der Waals surface area contributed by atoms with E-state index in [1.165, 1.54) is 6.92 Å². The number of ether oxygens (including phenoxy) is 1. The van der Waals surface area contributed by atoms with E-state index >= 15 is 0 Å². The Kier molecular flexibility index (Phi) is 8.14. The van der Waals surface area contributed by atoms with Crippen LogP contribution in [0.4, 0.5) is 0 Å². The lowest BCUT2D eigenvalue weighted by molar-refractivity contribution is -0.148. The number of hydrogen-bond donors (Lipinski definition) is 3. The lowest BCUT2D eigenvalue weighted by atomic mass is 10.0. The Morgan fingerprint density at radius 1 is 0.966 bits per heavy atom. The average molecular weight is 399 g/mol. The van der Waals surface area contributed by atoms with Gasteiger partial charge in [0, 0.05) is 6.54 Å².